The number of rotatable bonds is 6. The number of nitrogens with zero attached hydrogens (tertiary/aromatic N) is 3. The molecule has 1 aliphatic rings. The second-order valence-corrected chi connectivity index (χ2v) is 17.0. The van der Waals surface area contributed by atoms with Gasteiger partial charge in [0.1, 0.15) is 0 Å². The molecule has 0 saturated carbocycles. The third-order valence-corrected chi connectivity index (χ3v) is 13.1. The molecule has 62 heavy (non-hydrogen) atoms. The molecule has 2 aromatic heterocycles. The molecule has 0 amide bonds. The molecule has 292 valence electrons. The molecular weight excluding hydrogens is 751 g/mol. The molecule has 0 radical (unpaired) electrons. The van der Waals surface area contributed by atoms with Gasteiger partial charge in [-0.3, -0.25) is 0 Å². The molecule has 3 nitrogen and oxygen atoms in total. The molecular formula is C59H41N3. The van der Waals surface area contributed by atoms with E-state index >= 15 is 0 Å². The average Bonchev–Trinajstić information content (AvgIpc) is 3.79. The van der Waals surface area contributed by atoms with Crippen LogP contribution in [0.25, 0.3) is 106 Å². The number of aromatic nitrogens is 3. The summed E-state index contributed by atoms with van der Waals surface area (Å²) >= 11 is 0. The minimum Gasteiger partial charge on any atom is -0.309 e. The van der Waals surface area contributed by atoms with Crippen LogP contribution in [0.5, 0.6) is 0 Å². The highest BCUT2D eigenvalue weighted by atomic mass is 15.0. The summed E-state index contributed by atoms with van der Waals surface area (Å²) in [5, 5.41) is 4.87. The second kappa shape index (κ2) is 14.1. The molecule has 0 unspecified atom stereocenters. The summed E-state index contributed by atoms with van der Waals surface area (Å²) in [6, 6.07) is 76.6. The van der Waals surface area contributed by atoms with E-state index in [1.165, 1.54) is 71.7 Å². The van der Waals surface area contributed by atoms with Gasteiger partial charge in [-0.1, -0.05) is 190 Å². The summed E-state index contributed by atoms with van der Waals surface area (Å²) < 4.78 is 2.38. The zero-order chi connectivity index (χ0) is 41.4. The lowest BCUT2D eigenvalue weighted by molar-refractivity contribution is 0.660. The van der Waals surface area contributed by atoms with Gasteiger partial charge in [0.25, 0.3) is 0 Å². The third kappa shape index (κ3) is 5.73. The molecule has 12 rings (SSSR count). The van der Waals surface area contributed by atoms with Crippen LogP contribution in [0.4, 0.5) is 0 Å². The van der Waals surface area contributed by atoms with Crippen LogP contribution in [0.1, 0.15) is 25.0 Å². The Morgan fingerprint density at radius 1 is 0.339 bits per heavy atom. The Balaban J connectivity index is 0.931. The van der Waals surface area contributed by atoms with E-state index < -0.39 is 0 Å². The molecule has 0 bridgehead atoms. The van der Waals surface area contributed by atoms with Gasteiger partial charge in [0, 0.05) is 38.6 Å². The molecule has 0 atom stereocenters. The minimum atomic E-state index is -0.109. The van der Waals surface area contributed by atoms with E-state index in [1.807, 2.05) is 6.07 Å². The molecule has 0 aliphatic heterocycles. The van der Waals surface area contributed by atoms with Gasteiger partial charge in [0.15, 0.2) is 5.82 Å². The van der Waals surface area contributed by atoms with E-state index in [0.717, 1.165) is 39.2 Å². The van der Waals surface area contributed by atoms with Crippen LogP contribution in [0.3, 0.4) is 0 Å². The summed E-state index contributed by atoms with van der Waals surface area (Å²) in [6.45, 7) is 4.66. The third-order valence-electron chi connectivity index (χ3n) is 13.1. The van der Waals surface area contributed by atoms with Crippen LogP contribution in [-0.4, -0.2) is 14.5 Å². The van der Waals surface area contributed by atoms with Gasteiger partial charge in [-0.2, -0.15) is 0 Å². The van der Waals surface area contributed by atoms with E-state index in [1.54, 1.807) is 0 Å². The number of benzene rings is 9. The topological polar surface area (TPSA) is 30.7 Å². The van der Waals surface area contributed by atoms with Crippen LogP contribution < -0.4 is 0 Å². The number of para-hydroxylation sites is 2. The first-order valence-electron chi connectivity index (χ1n) is 21.4. The average molecular weight is 792 g/mol. The molecule has 0 saturated heterocycles. The van der Waals surface area contributed by atoms with E-state index in [4.69, 9.17) is 9.97 Å². The SMILES string of the molecule is CC1(C)c2ccccc2-c2ccc(-c3cc(-c4ccc(-c5ccc(-c6cccc(-n7c8ccccc8c8ccccc87)c6)cc5)c5ccccc45)nc(-c4ccccc4)n3)cc21. The lowest BCUT2D eigenvalue weighted by atomic mass is 9.82. The summed E-state index contributed by atoms with van der Waals surface area (Å²) in [4.78, 5) is 10.5. The molecule has 2 heterocycles. The van der Waals surface area contributed by atoms with Crippen LogP contribution >= 0.6 is 0 Å². The summed E-state index contributed by atoms with van der Waals surface area (Å²) in [7, 11) is 0. The lowest BCUT2D eigenvalue weighted by Crippen LogP contribution is -2.14. The van der Waals surface area contributed by atoms with Crippen molar-refractivity contribution < 1.29 is 0 Å². The van der Waals surface area contributed by atoms with Crippen molar-refractivity contribution in [1.82, 2.24) is 14.5 Å². The maximum atomic E-state index is 5.28. The predicted molar refractivity (Wildman–Crippen MR) is 259 cm³/mol. The Hall–Kier alpha value is -7.88. The summed E-state index contributed by atoms with van der Waals surface area (Å²) in [5.41, 5.74) is 18.5. The Bertz CT molecular complexity index is 3490. The second-order valence-electron chi connectivity index (χ2n) is 17.0. The molecule has 1 aliphatic carbocycles. The van der Waals surface area contributed by atoms with Crippen LogP contribution in [-0.2, 0) is 5.41 Å². The molecule has 0 fully saturated rings. The van der Waals surface area contributed by atoms with Gasteiger partial charge >= 0.3 is 0 Å². The standard InChI is InChI=1S/C59H41N3/c1-59(2)52-24-11-8-21-47(52)48-32-31-42(36-53(48)59)54-37-55(61-58(60-54)40-15-4-3-5-16-40)49-34-33-44(45-19-6-7-20-46(45)49)39-29-27-38(28-30-39)41-17-14-18-43(35-41)62-56-25-12-9-22-50(56)51-23-10-13-26-57(51)62/h3-37H,1-2H3. The monoisotopic (exact) mass is 791 g/mol. The van der Waals surface area contributed by atoms with E-state index in [0.29, 0.717) is 5.82 Å². The first-order valence-corrected chi connectivity index (χ1v) is 21.4. The van der Waals surface area contributed by atoms with Crippen molar-refractivity contribution in [3.8, 4) is 73.0 Å². The van der Waals surface area contributed by atoms with Gasteiger partial charge in [-0.25, -0.2) is 9.97 Å². The first-order chi connectivity index (χ1) is 30.5. The minimum absolute atomic E-state index is 0.109. The quantitative estimate of drug-likeness (QED) is 0.168. The van der Waals surface area contributed by atoms with Gasteiger partial charge in [-0.15, -0.1) is 0 Å². The zero-order valence-electron chi connectivity index (χ0n) is 34.5. The number of hydrogen-bond acceptors (Lipinski definition) is 2. The van der Waals surface area contributed by atoms with Gasteiger partial charge in [-0.05, 0) is 91.7 Å². The highest BCUT2D eigenvalue weighted by molar-refractivity contribution is 6.09. The summed E-state index contributed by atoms with van der Waals surface area (Å²) in [6.07, 6.45) is 0. The predicted octanol–water partition coefficient (Wildman–Crippen LogP) is 15.4. The smallest absolute Gasteiger partial charge is 0.160 e. The van der Waals surface area contributed by atoms with Gasteiger partial charge in [0.05, 0.1) is 22.4 Å². The Kier molecular flexibility index (Phi) is 8.20. The number of hydrogen-bond donors (Lipinski definition) is 0. The van der Waals surface area contributed by atoms with Crippen LogP contribution in [0.2, 0.25) is 0 Å². The first kappa shape index (κ1) is 36.0. The van der Waals surface area contributed by atoms with Crippen molar-refractivity contribution in [3.05, 3.63) is 223 Å². The van der Waals surface area contributed by atoms with Crippen molar-refractivity contribution >= 4 is 32.6 Å². The molecule has 0 N–H and O–H groups in total. The molecule has 9 aromatic carbocycles. The fraction of sp³-hybridized carbons (Fsp3) is 0.0508. The van der Waals surface area contributed by atoms with Crippen molar-refractivity contribution in [2.45, 2.75) is 19.3 Å². The fourth-order valence-electron chi connectivity index (χ4n) is 9.95. The highest BCUT2D eigenvalue weighted by Gasteiger charge is 2.35. The van der Waals surface area contributed by atoms with Crippen molar-refractivity contribution in [2.75, 3.05) is 0 Å². The maximum Gasteiger partial charge on any atom is 0.160 e. The van der Waals surface area contributed by atoms with E-state index in [2.05, 4.69) is 225 Å². The van der Waals surface area contributed by atoms with E-state index in [9.17, 15) is 0 Å². The maximum absolute atomic E-state index is 5.28. The Morgan fingerprint density at radius 3 is 1.65 bits per heavy atom. The van der Waals surface area contributed by atoms with Crippen LogP contribution in [0.15, 0.2) is 212 Å². The van der Waals surface area contributed by atoms with E-state index in [-0.39, 0.29) is 5.41 Å². The number of fused-ring (bicyclic) bond motifs is 7. The normalized spacial score (nSPS) is 12.8. The largest absolute Gasteiger partial charge is 0.309 e. The van der Waals surface area contributed by atoms with Crippen molar-refractivity contribution in [1.29, 1.82) is 0 Å². The summed E-state index contributed by atoms with van der Waals surface area (Å²) in [5.74, 6) is 0.715. The van der Waals surface area contributed by atoms with Crippen molar-refractivity contribution in [3.63, 3.8) is 0 Å². The zero-order valence-corrected chi connectivity index (χ0v) is 34.5. The Labute approximate surface area is 361 Å². The lowest BCUT2D eigenvalue weighted by Gasteiger charge is -2.22. The molecule has 11 aromatic rings. The molecule has 0 spiro atoms. The fourth-order valence-corrected chi connectivity index (χ4v) is 9.95. The van der Waals surface area contributed by atoms with Crippen molar-refractivity contribution in [2.24, 2.45) is 0 Å². The highest BCUT2D eigenvalue weighted by Crippen LogP contribution is 2.49. The molecule has 3 heteroatoms. The van der Waals surface area contributed by atoms with Gasteiger partial charge in [0.2, 0.25) is 0 Å². The van der Waals surface area contributed by atoms with Crippen LogP contribution in [0, 0.1) is 0 Å². The van der Waals surface area contributed by atoms with Gasteiger partial charge < -0.3 is 4.57 Å². The Morgan fingerprint density at radius 2 is 0.887 bits per heavy atom.